The average Bonchev–Trinajstić information content (AvgIpc) is 3.54. The summed E-state index contributed by atoms with van der Waals surface area (Å²) < 4.78 is 5.92. The summed E-state index contributed by atoms with van der Waals surface area (Å²) in [6.45, 7) is 5.98. The molecule has 0 aromatic carbocycles. The van der Waals surface area contributed by atoms with Crippen LogP contribution in [0, 0.1) is 5.41 Å². The zero-order chi connectivity index (χ0) is 21.0. The monoisotopic (exact) mass is 396 g/mol. The SMILES string of the molecule is CNC(=O)[C@@H](NC(=O)c1ccc(C2CC2)c(OCc2ccccn2)n1)C(C)(C)C. The standard InChI is InChI=1S/C22H28N4O3/c1-22(2,3)18(20(28)23-4)26-19(27)17-11-10-16(14-8-9-14)21(25-17)29-13-15-7-5-6-12-24-15/h5-7,10-12,14,18H,8-9,13H2,1-4H3,(H,23,28)(H,26,27)/t18-/m1/s1. The Morgan fingerprint density at radius 2 is 1.97 bits per heavy atom. The van der Waals surface area contributed by atoms with Gasteiger partial charge in [-0.25, -0.2) is 4.98 Å². The molecule has 0 bridgehead atoms. The summed E-state index contributed by atoms with van der Waals surface area (Å²) in [5, 5.41) is 5.41. The highest BCUT2D eigenvalue weighted by Gasteiger charge is 2.33. The molecule has 0 saturated heterocycles. The number of pyridine rings is 2. The van der Waals surface area contributed by atoms with Gasteiger partial charge in [0.25, 0.3) is 5.91 Å². The van der Waals surface area contributed by atoms with Crippen LogP contribution < -0.4 is 15.4 Å². The van der Waals surface area contributed by atoms with Gasteiger partial charge in [-0.15, -0.1) is 0 Å². The minimum Gasteiger partial charge on any atom is -0.471 e. The van der Waals surface area contributed by atoms with Crippen LogP contribution in [0.25, 0.3) is 0 Å². The molecular weight excluding hydrogens is 368 g/mol. The van der Waals surface area contributed by atoms with Crippen molar-refractivity contribution in [2.24, 2.45) is 5.41 Å². The largest absolute Gasteiger partial charge is 0.471 e. The zero-order valence-electron chi connectivity index (χ0n) is 17.4. The topological polar surface area (TPSA) is 93.2 Å². The third-order valence-corrected chi connectivity index (χ3v) is 4.87. The number of carbonyl (C=O) groups excluding carboxylic acids is 2. The van der Waals surface area contributed by atoms with Crippen molar-refractivity contribution in [1.82, 2.24) is 20.6 Å². The van der Waals surface area contributed by atoms with Crippen molar-refractivity contribution in [2.75, 3.05) is 7.05 Å². The first-order valence-corrected chi connectivity index (χ1v) is 9.85. The van der Waals surface area contributed by atoms with Gasteiger partial charge in [-0.1, -0.05) is 32.9 Å². The van der Waals surface area contributed by atoms with E-state index in [9.17, 15) is 9.59 Å². The summed E-state index contributed by atoms with van der Waals surface area (Å²) in [5.41, 5.74) is 1.58. The van der Waals surface area contributed by atoms with E-state index in [-0.39, 0.29) is 18.2 Å². The van der Waals surface area contributed by atoms with Crippen LogP contribution in [0.2, 0.25) is 0 Å². The van der Waals surface area contributed by atoms with E-state index >= 15 is 0 Å². The number of carbonyl (C=O) groups is 2. The van der Waals surface area contributed by atoms with Gasteiger partial charge in [0.05, 0.1) is 5.69 Å². The van der Waals surface area contributed by atoms with E-state index in [2.05, 4.69) is 20.6 Å². The van der Waals surface area contributed by atoms with Crippen LogP contribution >= 0.6 is 0 Å². The summed E-state index contributed by atoms with van der Waals surface area (Å²) in [5.74, 6) is 0.232. The average molecular weight is 396 g/mol. The molecule has 7 nitrogen and oxygen atoms in total. The smallest absolute Gasteiger partial charge is 0.270 e. The number of rotatable bonds is 7. The summed E-state index contributed by atoms with van der Waals surface area (Å²) in [6, 6.07) is 8.55. The van der Waals surface area contributed by atoms with Crippen LogP contribution in [0.5, 0.6) is 5.88 Å². The Hall–Kier alpha value is -2.96. The normalized spacial score (nSPS) is 14.8. The van der Waals surface area contributed by atoms with Crippen molar-refractivity contribution in [3.05, 3.63) is 53.5 Å². The first kappa shape index (κ1) is 20.8. The molecule has 1 saturated carbocycles. The lowest BCUT2D eigenvalue weighted by molar-refractivity contribution is -0.124. The maximum absolute atomic E-state index is 12.8. The predicted octanol–water partition coefficient (Wildman–Crippen LogP) is 2.82. The van der Waals surface area contributed by atoms with Crippen LogP contribution in [-0.2, 0) is 11.4 Å². The number of amides is 2. The number of hydrogen-bond acceptors (Lipinski definition) is 5. The second-order valence-electron chi connectivity index (χ2n) is 8.36. The van der Waals surface area contributed by atoms with Gasteiger partial charge in [-0.05, 0) is 42.4 Å². The molecule has 1 atom stereocenters. The lowest BCUT2D eigenvalue weighted by Gasteiger charge is -2.29. The third-order valence-electron chi connectivity index (χ3n) is 4.87. The maximum Gasteiger partial charge on any atom is 0.270 e. The Morgan fingerprint density at radius 3 is 2.55 bits per heavy atom. The van der Waals surface area contributed by atoms with E-state index in [1.165, 1.54) is 0 Å². The lowest BCUT2D eigenvalue weighted by atomic mass is 9.86. The van der Waals surface area contributed by atoms with Gasteiger partial charge >= 0.3 is 0 Å². The van der Waals surface area contributed by atoms with Crippen LogP contribution in [-0.4, -0.2) is 34.9 Å². The Morgan fingerprint density at radius 1 is 1.21 bits per heavy atom. The first-order valence-electron chi connectivity index (χ1n) is 9.85. The van der Waals surface area contributed by atoms with Gasteiger partial charge in [-0.3, -0.25) is 14.6 Å². The van der Waals surface area contributed by atoms with Crippen LogP contribution in [0.15, 0.2) is 36.5 Å². The molecule has 7 heteroatoms. The highest BCUT2D eigenvalue weighted by molar-refractivity contribution is 5.96. The number of ether oxygens (including phenoxy) is 1. The first-order chi connectivity index (χ1) is 13.8. The molecule has 2 N–H and O–H groups in total. The van der Waals surface area contributed by atoms with Gasteiger partial charge in [0.2, 0.25) is 11.8 Å². The predicted molar refractivity (Wildman–Crippen MR) is 110 cm³/mol. The fraction of sp³-hybridized carbons (Fsp3) is 0.455. The lowest BCUT2D eigenvalue weighted by Crippen LogP contribution is -2.53. The molecule has 154 valence electrons. The molecule has 3 rings (SSSR count). The van der Waals surface area contributed by atoms with E-state index in [1.807, 2.05) is 45.0 Å². The van der Waals surface area contributed by atoms with Crippen molar-refractivity contribution >= 4 is 11.8 Å². The minimum absolute atomic E-state index is 0.226. The Balaban J connectivity index is 1.80. The molecule has 0 radical (unpaired) electrons. The number of aromatic nitrogens is 2. The third kappa shape index (κ3) is 5.31. The fourth-order valence-electron chi connectivity index (χ4n) is 3.05. The van der Waals surface area contributed by atoms with Gasteiger partial charge < -0.3 is 15.4 Å². The quantitative estimate of drug-likeness (QED) is 0.751. The van der Waals surface area contributed by atoms with Crippen molar-refractivity contribution in [3.63, 3.8) is 0 Å². The van der Waals surface area contributed by atoms with Gasteiger partial charge in [-0.2, -0.15) is 0 Å². The van der Waals surface area contributed by atoms with Gasteiger partial charge in [0, 0.05) is 18.8 Å². The second-order valence-corrected chi connectivity index (χ2v) is 8.36. The molecule has 2 aromatic heterocycles. The second kappa shape index (κ2) is 8.59. The highest BCUT2D eigenvalue weighted by atomic mass is 16.5. The molecule has 2 aromatic rings. The molecule has 29 heavy (non-hydrogen) atoms. The Bertz CT molecular complexity index is 873. The number of nitrogens with one attached hydrogen (secondary N) is 2. The number of hydrogen-bond donors (Lipinski definition) is 2. The van der Waals surface area contributed by atoms with Crippen LogP contribution in [0.4, 0.5) is 0 Å². The van der Waals surface area contributed by atoms with E-state index in [0.29, 0.717) is 11.8 Å². The van der Waals surface area contributed by atoms with Crippen molar-refractivity contribution < 1.29 is 14.3 Å². The summed E-state index contributed by atoms with van der Waals surface area (Å²) in [4.78, 5) is 33.8. The van der Waals surface area contributed by atoms with Gasteiger partial charge in [0.1, 0.15) is 18.3 Å². The molecule has 1 aliphatic rings. The number of nitrogens with zero attached hydrogens (tertiary/aromatic N) is 2. The Labute approximate surface area is 171 Å². The molecule has 2 amide bonds. The van der Waals surface area contributed by atoms with E-state index in [4.69, 9.17) is 4.74 Å². The zero-order valence-corrected chi connectivity index (χ0v) is 17.4. The molecule has 2 heterocycles. The Kier molecular flexibility index (Phi) is 6.15. The summed E-state index contributed by atoms with van der Waals surface area (Å²) in [6.07, 6.45) is 3.90. The van der Waals surface area contributed by atoms with E-state index in [1.54, 1.807) is 19.3 Å². The molecule has 1 fully saturated rings. The number of likely N-dealkylation sites (N-methyl/N-ethyl adjacent to an activating group) is 1. The van der Waals surface area contributed by atoms with E-state index < -0.39 is 17.4 Å². The van der Waals surface area contributed by atoms with Crippen molar-refractivity contribution in [3.8, 4) is 5.88 Å². The molecular formula is C22H28N4O3. The maximum atomic E-state index is 12.8. The van der Waals surface area contributed by atoms with Crippen LogP contribution in [0.3, 0.4) is 0 Å². The molecule has 0 unspecified atom stereocenters. The molecule has 1 aliphatic carbocycles. The van der Waals surface area contributed by atoms with Crippen molar-refractivity contribution in [2.45, 2.75) is 52.2 Å². The minimum atomic E-state index is -0.678. The van der Waals surface area contributed by atoms with E-state index in [0.717, 1.165) is 24.1 Å². The van der Waals surface area contributed by atoms with Crippen molar-refractivity contribution in [1.29, 1.82) is 0 Å². The molecule has 0 aliphatic heterocycles. The summed E-state index contributed by atoms with van der Waals surface area (Å²) in [7, 11) is 1.56. The summed E-state index contributed by atoms with van der Waals surface area (Å²) >= 11 is 0. The fourth-order valence-corrected chi connectivity index (χ4v) is 3.05. The van der Waals surface area contributed by atoms with Gasteiger partial charge in [0.15, 0.2) is 0 Å². The highest BCUT2D eigenvalue weighted by Crippen LogP contribution is 2.43. The van der Waals surface area contributed by atoms with Crippen LogP contribution in [0.1, 0.15) is 61.3 Å². The molecule has 0 spiro atoms.